The molecular formula is C15H13BrN2O. The Bertz CT molecular complexity index is 707. The standard InChI is InChI=1S/C15H13BrN2O/c1-10-14-12(7-8-17-14)13(16)15(18-10)19-9-11-5-3-2-4-6-11/h2-8,17H,9H2,1H3. The normalized spacial score (nSPS) is 10.8. The van der Waals surface area contributed by atoms with Gasteiger partial charge in [-0.05, 0) is 34.5 Å². The molecule has 0 saturated carbocycles. The molecule has 96 valence electrons. The highest BCUT2D eigenvalue weighted by Crippen LogP contribution is 2.32. The molecule has 0 atom stereocenters. The second-order valence-electron chi connectivity index (χ2n) is 4.36. The number of ether oxygens (including phenoxy) is 1. The maximum absolute atomic E-state index is 5.81. The van der Waals surface area contributed by atoms with Gasteiger partial charge in [-0.15, -0.1) is 0 Å². The highest BCUT2D eigenvalue weighted by molar-refractivity contribution is 9.10. The Kier molecular flexibility index (Phi) is 3.25. The quantitative estimate of drug-likeness (QED) is 0.786. The first-order valence-corrected chi connectivity index (χ1v) is 6.85. The van der Waals surface area contributed by atoms with Crippen LogP contribution >= 0.6 is 15.9 Å². The average molecular weight is 317 g/mol. The number of nitrogens with one attached hydrogen (secondary N) is 1. The van der Waals surface area contributed by atoms with Crippen LogP contribution in [0.15, 0.2) is 47.1 Å². The van der Waals surface area contributed by atoms with Crippen molar-refractivity contribution in [2.24, 2.45) is 0 Å². The molecule has 0 aliphatic carbocycles. The zero-order valence-corrected chi connectivity index (χ0v) is 12.1. The summed E-state index contributed by atoms with van der Waals surface area (Å²) in [6, 6.07) is 12.1. The third kappa shape index (κ3) is 2.36. The highest BCUT2D eigenvalue weighted by Gasteiger charge is 2.11. The van der Waals surface area contributed by atoms with Gasteiger partial charge >= 0.3 is 0 Å². The molecule has 0 radical (unpaired) electrons. The number of nitrogens with zero attached hydrogens (tertiary/aromatic N) is 1. The second kappa shape index (κ2) is 5.05. The van der Waals surface area contributed by atoms with Gasteiger partial charge in [-0.2, -0.15) is 0 Å². The second-order valence-corrected chi connectivity index (χ2v) is 5.15. The summed E-state index contributed by atoms with van der Waals surface area (Å²) in [4.78, 5) is 7.67. The molecule has 3 aromatic rings. The Morgan fingerprint density at radius 2 is 2.00 bits per heavy atom. The molecule has 0 aliphatic heterocycles. The van der Waals surface area contributed by atoms with E-state index in [4.69, 9.17) is 4.74 Å². The summed E-state index contributed by atoms with van der Waals surface area (Å²) < 4.78 is 6.70. The van der Waals surface area contributed by atoms with E-state index in [9.17, 15) is 0 Å². The summed E-state index contributed by atoms with van der Waals surface area (Å²) in [5, 5.41) is 1.09. The number of aryl methyl sites for hydroxylation is 1. The fourth-order valence-electron chi connectivity index (χ4n) is 2.05. The molecule has 0 unspecified atom stereocenters. The summed E-state index contributed by atoms with van der Waals surface area (Å²) in [6.45, 7) is 2.49. The van der Waals surface area contributed by atoms with Gasteiger partial charge < -0.3 is 9.72 Å². The van der Waals surface area contributed by atoms with Gasteiger partial charge in [0, 0.05) is 11.6 Å². The number of halogens is 1. The van der Waals surface area contributed by atoms with E-state index in [0.29, 0.717) is 12.5 Å². The summed E-state index contributed by atoms with van der Waals surface area (Å²) in [5.74, 6) is 0.633. The minimum Gasteiger partial charge on any atom is -0.472 e. The third-order valence-corrected chi connectivity index (χ3v) is 3.79. The number of pyridine rings is 1. The molecule has 3 nitrogen and oxygen atoms in total. The van der Waals surface area contributed by atoms with E-state index in [-0.39, 0.29) is 0 Å². The van der Waals surface area contributed by atoms with Crippen molar-refractivity contribution in [3.63, 3.8) is 0 Å². The average Bonchev–Trinajstić information content (AvgIpc) is 2.92. The lowest BCUT2D eigenvalue weighted by molar-refractivity contribution is 0.292. The van der Waals surface area contributed by atoms with Crippen molar-refractivity contribution in [2.45, 2.75) is 13.5 Å². The molecule has 1 aromatic carbocycles. The van der Waals surface area contributed by atoms with E-state index in [0.717, 1.165) is 26.6 Å². The van der Waals surface area contributed by atoms with Crippen molar-refractivity contribution in [1.82, 2.24) is 9.97 Å². The Labute approximate surface area is 119 Å². The lowest BCUT2D eigenvalue weighted by Gasteiger charge is -2.09. The summed E-state index contributed by atoms with van der Waals surface area (Å²) in [5.41, 5.74) is 3.10. The van der Waals surface area contributed by atoms with Gasteiger partial charge in [0.1, 0.15) is 6.61 Å². The molecule has 2 aromatic heterocycles. The van der Waals surface area contributed by atoms with Crippen LogP contribution in [0, 0.1) is 6.92 Å². The molecule has 2 heterocycles. The predicted octanol–water partition coefficient (Wildman–Crippen LogP) is 4.21. The molecule has 0 amide bonds. The van der Waals surface area contributed by atoms with Crippen LogP contribution in [0.5, 0.6) is 5.88 Å². The molecule has 0 bridgehead atoms. The molecule has 19 heavy (non-hydrogen) atoms. The van der Waals surface area contributed by atoms with Crippen LogP contribution in [0.25, 0.3) is 10.9 Å². The van der Waals surface area contributed by atoms with Crippen molar-refractivity contribution < 1.29 is 4.74 Å². The first-order valence-electron chi connectivity index (χ1n) is 6.05. The SMILES string of the molecule is Cc1nc(OCc2ccccc2)c(Br)c2cc[nH]c12. The van der Waals surface area contributed by atoms with E-state index in [2.05, 4.69) is 25.9 Å². The van der Waals surface area contributed by atoms with Crippen molar-refractivity contribution in [3.05, 3.63) is 58.3 Å². The van der Waals surface area contributed by atoms with Crippen molar-refractivity contribution in [2.75, 3.05) is 0 Å². The lowest BCUT2D eigenvalue weighted by atomic mass is 10.2. The van der Waals surface area contributed by atoms with Crippen LogP contribution in [-0.2, 0) is 6.61 Å². The van der Waals surface area contributed by atoms with Crippen LogP contribution in [-0.4, -0.2) is 9.97 Å². The van der Waals surface area contributed by atoms with Crippen molar-refractivity contribution in [1.29, 1.82) is 0 Å². The molecule has 0 aliphatic rings. The molecule has 0 fully saturated rings. The number of aromatic nitrogens is 2. The van der Waals surface area contributed by atoms with Crippen LogP contribution in [0.4, 0.5) is 0 Å². The number of hydrogen-bond acceptors (Lipinski definition) is 2. The maximum atomic E-state index is 5.81. The van der Waals surface area contributed by atoms with E-state index in [1.807, 2.05) is 49.5 Å². The Morgan fingerprint density at radius 1 is 1.21 bits per heavy atom. The highest BCUT2D eigenvalue weighted by atomic mass is 79.9. The van der Waals surface area contributed by atoms with E-state index in [1.165, 1.54) is 0 Å². The van der Waals surface area contributed by atoms with Crippen molar-refractivity contribution in [3.8, 4) is 5.88 Å². The molecular weight excluding hydrogens is 304 g/mol. The first-order chi connectivity index (χ1) is 9.25. The monoisotopic (exact) mass is 316 g/mol. The van der Waals surface area contributed by atoms with E-state index >= 15 is 0 Å². The zero-order chi connectivity index (χ0) is 13.2. The third-order valence-electron chi connectivity index (χ3n) is 3.02. The molecule has 0 spiro atoms. The summed E-state index contributed by atoms with van der Waals surface area (Å²) in [6.07, 6.45) is 1.91. The fourth-order valence-corrected chi connectivity index (χ4v) is 2.58. The zero-order valence-electron chi connectivity index (χ0n) is 10.5. The van der Waals surface area contributed by atoms with Gasteiger partial charge in [0.05, 0.1) is 15.7 Å². The Hall–Kier alpha value is -1.81. The van der Waals surface area contributed by atoms with E-state index < -0.39 is 0 Å². The van der Waals surface area contributed by atoms with Crippen molar-refractivity contribution >= 4 is 26.8 Å². The summed E-state index contributed by atoms with van der Waals surface area (Å²) >= 11 is 3.56. The molecule has 4 heteroatoms. The van der Waals surface area contributed by atoms with Crippen LogP contribution in [0.3, 0.4) is 0 Å². The Balaban J connectivity index is 1.91. The largest absolute Gasteiger partial charge is 0.472 e. The smallest absolute Gasteiger partial charge is 0.229 e. The topological polar surface area (TPSA) is 37.9 Å². The van der Waals surface area contributed by atoms with Crippen LogP contribution < -0.4 is 4.74 Å². The fraction of sp³-hybridized carbons (Fsp3) is 0.133. The molecule has 1 N–H and O–H groups in total. The first kappa shape index (κ1) is 12.2. The number of fused-ring (bicyclic) bond motifs is 1. The van der Waals surface area contributed by atoms with Gasteiger partial charge in [-0.25, -0.2) is 4.98 Å². The number of benzene rings is 1. The summed E-state index contributed by atoms with van der Waals surface area (Å²) in [7, 11) is 0. The maximum Gasteiger partial charge on any atom is 0.229 e. The number of H-pyrrole nitrogens is 1. The minimum atomic E-state index is 0.516. The van der Waals surface area contributed by atoms with Gasteiger partial charge in [-0.1, -0.05) is 30.3 Å². The number of aromatic amines is 1. The number of rotatable bonds is 3. The van der Waals surface area contributed by atoms with Gasteiger partial charge in [-0.3, -0.25) is 0 Å². The van der Waals surface area contributed by atoms with E-state index in [1.54, 1.807) is 0 Å². The Morgan fingerprint density at radius 3 is 2.79 bits per heavy atom. The van der Waals surface area contributed by atoms with Crippen LogP contribution in [0.1, 0.15) is 11.3 Å². The lowest BCUT2D eigenvalue weighted by Crippen LogP contribution is -1.99. The van der Waals surface area contributed by atoms with Gasteiger partial charge in [0.15, 0.2) is 0 Å². The predicted molar refractivity (Wildman–Crippen MR) is 79.3 cm³/mol. The molecule has 3 rings (SSSR count). The van der Waals surface area contributed by atoms with Crippen LogP contribution in [0.2, 0.25) is 0 Å². The number of hydrogen-bond donors (Lipinski definition) is 1. The van der Waals surface area contributed by atoms with Gasteiger partial charge in [0.25, 0.3) is 0 Å². The minimum absolute atomic E-state index is 0.516. The molecule has 0 saturated heterocycles. The van der Waals surface area contributed by atoms with Gasteiger partial charge in [0.2, 0.25) is 5.88 Å².